The number of nitrogens with two attached hydrogens (primary N) is 1. The van der Waals surface area contributed by atoms with E-state index >= 15 is 0 Å². The highest BCUT2D eigenvalue weighted by Crippen LogP contribution is 2.32. The van der Waals surface area contributed by atoms with Crippen molar-refractivity contribution in [3.8, 4) is 5.75 Å². The van der Waals surface area contributed by atoms with Crippen LogP contribution in [0, 0.1) is 0 Å². The highest BCUT2D eigenvalue weighted by Gasteiger charge is 2.16. The molecule has 0 amide bonds. The second-order valence-electron chi connectivity index (χ2n) is 4.96. The van der Waals surface area contributed by atoms with E-state index in [1.807, 2.05) is 18.2 Å². The highest BCUT2D eigenvalue weighted by molar-refractivity contribution is 6.33. The first-order chi connectivity index (χ1) is 9.65. The van der Waals surface area contributed by atoms with Gasteiger partial charge in [0.25, 0.3) is 0 Å². The lowest BCUT2D eigenvalue weighted by Gasteiger charge is -2.20. The molecule has 0 saturated carbocycles. The lowest BCUT2D eigenvalue weighted by atomic mass is 9.95. The molecule has 1 aliphatic rings. The molecule has 1 heterocycles. The van der Waals surface area contributed by atoms with Crippen molar-refractivity contribution in [3.63, 3.8) is 0 Å². The van der Waals surface area contributed by atoms with Crippen molar-refractivity contribution in [1.29, 1.82) is 0 Å². The third-order valence-electron chi connectivity index (χ3n) is 3.58. The van der Waals surface area contributed by atoms with Gasteiger partial charge in [0.2, 0.25) is 0 Å². The van der Waals surface area contributed by atoms with Crippen LogP contribution < -0.4 is 10.5 Å². The summed E-state index contributed by atoms with van der Waals surface area (Å²) in [6.45, 7) is 0.790. The maximum absolute atomic E-state index is 6.34. The monoisotopic (exact) mass is 307 g/mol. The van der Waals surface area contributed by atoms with Gasteiger partial charge in [0.15, 0.2) is 0 Å². The second-order valence-corrected chi connectivity index (χ2v) is 5.81. The molecule has 1 unspecified atom stereocenters. The standard InChI is InChI=1S/C16H15Cl2NO/c17-12-4-5-14(18)13(9-12)16(19)11-3-6-15-10(8-11)2-1-7-20-15/h3-6,8-9,16H,1-2,7,19H2. The van der Waals surface area contributed by atoms with Crippen LogP contribution in [0.5, 0.6) is 5.75 Å². The number of hydrogen-bond acceptors (Lipinski definition) is 2. The van der Waals surface area contributed by atoms with Crippen molar-refractivity contribution >= 4 is 23.2 Å². The van der Waals surface area contributed by atoms with E-state index in [9.17, 15) is 0 Å². The number of rotatable bonds is 2. The molecule has 2 nitrogen and oxygen atoms in total. The van der Waals surface area contributed by atoms with Crippen molar-refractivity contribution in [1.82, 2.24) is 0 Å². The van der Waals surface area contributed by atoms with Gasteiger partial charge in [0.05, 0.1) is 12.6 Å². The van der Waals surface area contributed by atoms with Gasteiger partial charge in [0, 0.05) is 10.0 Å². The summed E-state index contributed by atoms with van der Waals surface area (Å²) >= 11 is 12.3. The molecule has 2 N–H and O–H groups in total. The molecule has 0 fully saturated rings. The Labute approximate surface area is 128 Å². The Hall–Kier alpha value is -1.22. The largest absolute Gasteiger partial charge is 0.493 e. The number of ether oxygens (including phenoxy) is 1. The minimum atomic E-state index is -0.284. The first-order valence-electron chi connectivity index (χ1n) is 6.61. The van der Waals surface area contributed by atoms with Crippen molar-refractivity contribution in [3.05, 3.63) is 63.1 Å². The fraction of sp³-hybridized carbons (Fsp3) is 0.250. The molecule has 4 heteroatoms. The highest BCUT2D eigenvalue weighted by atomic mass is 35.5. The predicted molar refractivity (Wildman–Crippen MR) is 82.8 cm³/mol. The van der Waals surface area contributed by atoms with Crippen LogP contribution in [0.4, 0.5) is 0 Å². The molecule has 20 heavy (non-hydrogen) atoms. The normalized spacial score (nSPS) is 15.3. The van der Waals surface area contributed by atoms with Gasteiger partial charge in [0.1, 0.15) is 5.75 Å². The average molecular weight is 308 g/mol. The minimum absolute atomic E-state index is 0.284. The summed E-state index contributed by atoms with van der Waals surface area (Å²) in [4.78, 5) is 0. The summed E-state index contributed by atoms with van der Waals surface area (Å²) in [5.41, 5.74) is 9.42. The van der Waals surface area contributed by atoms with Crippen molar-refractivity contribution in [2.24, 2.45) is 5.73 Å². The van der Waals surface area contributed by atoms with Gasteiger partial charge in [-0.2, -0.15) is 0 Å². The van der Waals surface area contributed by atoms with Gasteiger partial charge in [-0.1, -0.05) is 35.3 Å². The van der Waals surface area contributed by atoms with E-state index < -0.39 is 0 Å². The van der Waals surface area contributed by atoms with Gasteiger partial charge < -0.3 is 10.5 Å². The van der Waals surface area contributed by atoms with Crippen LogP contribution in [0.2, 0.25) is 10.0 Å². The summed E-state index contributed by atoms with van der Waals surface area (Å²) in [6, 6.07) is 11.2. The van der Waals surface area contributed by atoms with E-state index in [1.165, 1.54) is 5.56 Å². The molecule has 2 aromatic carbocycles. The van der Waals surface area contributed by atoms with Crippen LogP contribution in [0.1, 0.15) is 29.2 Å². The lowest BCUT2D eigenvalue weighted by Crippen LogP contribution is -2.14. The fourth-order valence-electron chi connectivity index (χ4n) is 2.51. The molecule has 0 aromatic heterocycles. The third-order valence-corrected chi connectivity index (χ3v) is 4.16. The van der Waals surface area contributed by atoms with E-state index in [4.69, 9.17) is 33.7 Å². The zero-order valence-corrected chi connectivity index (χ0v) is 12.4. The Morgan fingerprint density at radius 1 is 1.10 bits per heavy atom. The van der Waals surface area contributed by atoms with E-state index in [2.05, 4.69) is 6.07 Å². The molecule has 0 spiro atoms. The Morgan fingerprint density at radius 3 is 2.80 bits per heavy atom. The molecule has 0 saturated heterocycles. The quantitative estimate of drug-likeness (QED) is 0.894. The number of aryl methyl sites for hydroxylation is 1. The van der Waals surface area contributed by atoms with Crippen LogP contribution in [-0.4, -0.2) is 6.61 Å². The molecular weight excluding hydrogens is 293 g/mol. The SMILES string of the molecule is NC(c1ccc2c(c1)CCCO2)c1cc(Cl)ccc1Cl. The Balaban J connectivity index is 1.97. The van der Waals surface area contributed by atoms with Gasteiger partial charge in [-0.05, 0) is 53.8 Å². The fourth-order valence-corrected chi connectivity index (χ4v) is 2.92. The second kappa shape index (κ2) is 5.65. The van der Waals surface area contributed by atoms with Crippen LogP contribution in [-0.2, 0) is 6.42 Å². The van der Waals surface area contributed by atoms with Gasteiger partial charge in [-0.25, -0.2) is 0 Å². The zero-order chi connectivity index (χ0) is 14.1. The summed E-state index contributed by atoms with van der Waals surface area (Å²) in [5, 5.41) is 1.28. The van der Waals surface area contributed by atoms with Gasteiger partial charge in [-0.15, -0.1) is 0 Å². The molecule has 0 bridgehead atoms. The molecule has 1 atom stereocenters. The Kier molecular flexibility index (Phi) is 3.88. The molecule has 104 valence electrons. The smallest absolute Gasteiger partial charge is 0.122 e. The van der Waals surface area contributed by atoms with Gasteiger partial charge >= 0.3 is 0 Å². The maximum Gasteiger partial charge on any atom is 0.122 e. The predicted octanol–water partition coefficient (Wildman–Crippen LogP) is 4.37. The lowest BCUT2D eigenvalue weighted by molar-refractivity contribution is 0.288. The topological polar surface area (TPSA) is 35.2 Å². The molecule has 0 aliphatic carbocycles. The number of halogens is 2. The average Bonchev–Trinajstić information content (AvgIpc) is 2.48. The van der Waals surface area contributed by atoms with E-state index in [0.29, 0.717) is 10.0 Å². The number of fused-ring (bicyclic) bond motifs is 1. The van der Waals surface area contributed by atoms with Crippen LogP contribution in [0.3, 0.4) is 0 Å². The zero-order valence-electron chi connectivity index (χ0n) is 10.9. The molecule has 3 rings (SSSR count). The Morgan fingerprint density at radius 2 is 1.95 bits per heavy atom. The van der Waals surface area contributed by atoms with Gasteiger partial charge in [-0.3, -0.25) is 0 Å². The summed E-state index contributed by atoms with van der Waals surface area (Å²) < 4.78 is 5.62. The number of hydrogen-bond donors (Lipinski definition) is 1. The van der Waals surface area contributed by atoms with E-state index in [1.54, 1.807) is 12.1 Å². The molecule has 0 radical (unpaired) electrons. The van der Waals surface area contributed by atoms with E-state index in [0.717, 1.165) is 36.3 Å². The first-order valence-corrected chi connectivity index (χ1v) is 7.37. The van der Waals surface area contributed by atoms with E-state index in [-0.39, 0.29) is 6.04 Å². The summed E-state index contributed by atoms with van der Waals surface area (Å²) in [5.74, 6) is 0.962. The summed E-state index contributed by atoms with van der Waals surface area (Å²) in [7, 11) is 0. The molecule has 1 aliphatic heterocycles. The van der Waals surface area contributed by atoms with Crippen LogP contribution in [0.25, 0.3) is 0 Å². The molecule has 2 aromatic rings. The van der Waals surface area contributed by atoms with Crippen LogP contribution >= 0.6 is 23.2 Å². The minimum Gasteiger partial charge on any atom is -0.493 e. The maximum atomic E-state index is 6.34. The molecular formula is C16H15Cl2NO. The number of benzene rings is 2. The van der Waals surface area contributed by atoms with Crippen molar-refractivity contribution in [2.45, 2.75) is 18.9 Å². The first kappa shape index (κ1) is 13.7. The Bertz CT molecular complexity index is 642. The summed E-state index contributed by atoms with van der Waals surface area (Å²) in [6.07, 6.45) is 2.07. The third kappa shape index (κ3) is 2.64. The van der Waals surface area contributed by atoms with Crippen LogP contribution in [0.15, 0.2) is 36.4 Å². The van der Waals surface area contributed by atoms with Crippen molar-refractivity contribution < 1.29 is 4.74 Å². The van der Waals surface area contributed by atoms with Crippen molar-refractivity contribution in [2.75, 3.05) is 6.61 Å².